The predicted octanol–water partition coefficient (Wildman–Crippen LogP) is 9.15. The molecular formula is C40H37N3O3S2. The largest absolute Gasteiger partial charge is 0.396 e. The molecule has 0 spiro atoms. The van der Waals surface area contributed by atoms with Crippen molar-refractivity contribution < 1.29 is 14.7 Å². The average molecular weight is 672 g/mol. The molecule has 3 aromatic carbocycles. The zero-order valence-electron chi connectivity index (χ0n) is 26.8. The van der Waals surface area contributed by atoms with Gasteiger partial charge in [0.2, 0.25) is 0 Å². The van der Waals surface area contributed by atoms with E-state index in [1.54, 1.807) is 30.0 Å². The number of unbranched alkanes of at least 4 members (excludes halogenated alkanes) is 3. The van der Waals surface area contributed by atoms with Gasteiger partial charge in [-0.05, 0) is 84.8 Å². The summed E-state index contributed by atoms with van der Waals surface area (Å²) in [6, 6.07) is 35.2. The Bertz CT molecular complexity index is 1840. The smallest absolute Gasteiger partial charge is 0.271 e. The first-order valence-corrected chi connectivity index (χ1v) is 17.9. The van der Waals surface area contributed by atoms with E-state index >= 15 is 0 Å². The van der Waals surface area contributed by atoms with Crippen LogP contribution in [-0.2, 0) is 14.3 Å². The van der Waals surface area contributed by atoms with Crippen LogP contribution in [0.2, 0.25) is 0 Å². The number of imide groups is 1. The molecule has 48 heavy (non-hydrogen) atoms. The molecule has 0 saturated heterocycles. The first kappa shape index (κ1) is 33.2. The van der Waals surface area contributed by atoms with Crippen LogP contribution in [-0.4, -0.2) is 35.0 Å². The van der Waals surface area contributed by atoms with Crippen LogP contribution in [0.3, 0.4) is 0 Å². The molecule has 2 amide bonds. The second-order valence-corrected chi connectivity index (χ2v) is 14.2. The number of benzene rings is 3. The lowest BCUT2D eigenvalue weighted by Gasteiger charge is -2.32. The summed E-state index contributed by atoms with van der Waals surface area (Å²) >= 11 is 3.43. The molecule has 2 unspecified atom stereocenters. The van der Waals surface area contributed by atoms with Crippen LogP contribution >= 0.6 is 23.1 Å². The number of nitrogens with zero attached hydrogens (tertiary/aromatic N) is 3. The third-order valence-corrected chi connectivity index (χ3v) is 11.4. The molecule has 1 aromatic heterocycles. The minimum absolute atomic E-state index is 0.00449. The fourth-order valence-corrected chi connectivity index (χ4v) is 8.59. The van der Waals surface area contributed by atoms with Gasteiger partial charge in [0.15, 0.2) is 0 Å². The van der Waals surface area contributed by atoms with Crippen LogP contribution in [0.1, 0.15) is 48.3 Å². The number of thioether (sulfide) groups is 1. The number of amides is 2. The lowest BCUT2D eigenvalue weighted by molar-refractivity contribution is -0.140. The Labute approximate surface area is 290 Å². The standard InChI is InChI=1S/C40H37N3O3S2/c1-29-34(38(45)42(39(46)35(29)28-41)24-10-2-3-11-25-44)27-40(23-22-37(48-40)36-17-12-26-47-36)30-18-20-33(21-19-30)43(31-13-6-4-7-14-31)32-15-8-5-9-16-32/h4-9,12-23,26-27,37,44H,2-3,10-11,24-25H2,1H3/b34-27-. The van der Waals surface area contributed by atoms with E-state index in [2.05, 4.69) is 83.1 Å². The van der Waals surface area contributed by atoms with E-state index in [0.29, 0.717) is 24.0 Å². The van der Waals surface area contributed by atoms with Crippen molar-refractivity contribution in [3.05, 3.63) is 148 Å². The molecule has 0 saturated carbocycles. The average Bonchev–Trinajstić information content (AvgIpc) is 3.81. The maximum absolute atomic E-state index is 14.1. The Balaban J connectivity index is 1.41. The maximum Gasteiger partial charge on any atom is 0.271 e. The minimum atomic E-state index is -0.725. The lowest BCUT2D eigenvalue weighted by Crippen LogP contribution is -2.43. The molecule has 2 atom stereocenters. The van der Waals surface area contributed by atoms with Gasteiger partial charge < -0.3 is 10.0 Å². The van der Waals surface area contributed by atoms with E-state index in [1.807, 2.05) is 48.5 Å². The summed E-state index contributed by atoms with van der Waals surface area (Å²) in [4.78, 5) is 32.0. The number of carbonyl (C=O) groups excluding carboxylic acids is 2. The molecular weight excluding hydrogens is 635 g/mol. The number of hydrogen-bond acceptors (Lipinski definition) is 7. The van der Waals surface area contributed by atoms with Crippen molar-refractivity contribution in [3.63, 3.8) is 0 Å². The first-order valence-electron chi connectivity index (χ1n) is 16.2. The van der Waals surface area contributed by atoms with Crippen LogP contribution < -0.4 is 4.90 Å². The van der Waals surface area contributed by atoms with Gasteiger partial charge in [0.1, 0.15) is 11.6 Å². The van der Waals surface area contributed by atoms with Crippen LogP contribution in [0.4, 0.5) is 17.1 Å². The fourth-order valence-electron chi connectivity index (χ4n) is 6.21. The van der Waals surface area contributed by atoms with Gasteiger partial charge in [0.05, 0.1) is 10.00 Å². The highest BCUT2D eigenvalue weighted by Crippen LogP contribution is 2.55. The van der Waals surface area contributed by atoms with Gasteiger partial charge in [-0.3, -0.25) is 14.5 Å². The van der Waals surface area contributed by atoms with Crippen molar-refractivity contribution in [3.8, 4) is 6.07 Å². The molecule has 4 aromatic rings. The van der Waals surface area contributed by atoms with E-state index in [9.17, 15) is 14.9 Å². The molecule has 1 N–H and O–H groups in total. The maximum atomic E-state index is 14.1. The number of thiophene rings is 1. The van der Waals surface area contributed by atoms with Crippen LogP contribution in [0.15, 0.2) is 137 Å². The Morgan fingerprint density at radius 3 is 2.10 bits per heavy atom. The van der Waals surface area contributed by atoms with Gasteiger partial charge in [-0.15, -0.1) is 23.1 Å². The third kappa shape index (κ3) is 6.81. The highest BCUT2D eigenvalue weighted by atomic mass is 32.2. The van der Waals surface area contributed by atoms with Crippen LogP contribution in [0.5, 0.6) is 0 Å². The Morgan fingerprint density at radius 2 is 1.50 bits per heavy atom. The zero-order valence-corrected chi connectivity index (χ0v) is 28.4. The number of aliphatic hydroxyl groups is 1. The summed E-state index contributed by atoms with van der Waals surface area (Å²) in [6.07, 6.45) is 9.18. The van der Waals surface area contributed by atoms with Gasteiger partial charge in [-0.1, -0.05) is 79.6 Å². The van der Waals surface area contributed by atoms with Gasteiger partial charge in [0, 0.05) is 40.7 Å². The van der Waals surface area contributed by atoms with Crippen molar-refractivity contribution in [2.45, 2.75) is 42.6 Å². The molecule has 242 valence electrons. The van der Waals surface area contributed by atoms with E-state index < -0.39 is 10.7 Å². The van der Waals surface area contributed by atoms with Crippen LogP contribution in [0.25, 0.3) is 0 Å². The van der Waals surface area contributed by atoms with Crippen molar-refractivity contribution in [2.75, 3.05) is 18.1 Å². The van der Waals surface area contributed by atoms with E-state index in [0.717, 1.165) is 35.5 Å². The summed E-state index contributed by atoms with van der Waals surface area (Å²) in [5.74, 6) is -0.909. The molecule has 8 heteroatoms. The third-order valence-electron chi connectivity index (χ3n) is 8.74. The second kappa shape index (κ2) is 15.0. The van der Waals surface area contributed by atoms with Crippen molar-refractivity contribution in [1.29, 1.82) is 5.26 Å². The van der Waals surface area contributed by atoms with Gasteiger partial charge in [-0.2, -0.15) is 5.26 Å². The molecule has 3 heterocycles. The summed E-state index contributed by atoms with van der Waals surface area (Å²) in [5.41, 5.74) is 4.87. The number of para-hydroxylation sites is 2. The molecule has 6 rings (SSSR count). The number of nitriles is 1. The number of hydrogen-bond donors (Lipinski definition) is 1. The summed E-state index contributed by atoms with van der Waals surface area (Å²) in [7, 11) is 0. The Morgan fingerprint density at radius 1 is 0.854 bits per heavy atom. The minimum Gasteiger partial charge on any atom is -0.396 e. The molecule has 0 radical (unpaired) electrons. The SMILES string of the molecule is CC1=C(C#N)C(=O)N(CCCCCCO)C(=O)/C1=C\C1(c2ccc(N(c3ccccc3)c3ccccc3)cc2)C=CC(c2cccs2)S1. The monoisotopic (exact) mass is 671 g/mol. The van der Waals surface area contributed by atoms with Gasteiger partial charge in [-0.25, -0.2) is 0 Å². The quantitative estimate of drug-likeness (QED) is 0.0700. The van der Waals surface area contributed by atoms with Crippen LogP contribution in [0, 0.1) is 11.3 Å². The molecule has 0 aliphatic carbocycles. The van der Waals surface area contributed by atoms with E-state index in [-0.39, 0.29) is 29.9 Å². The van der Waals surface area contributed by atoms with Crippen molar-refractivity contribution in [1.82, 2.24) is 4.90 Å². The first-order chi connectivity index (χ1) is 23.5. The zero-order chi connectivity index (χ0) is 33.5. The highest BCUT2D eigenvalue weighted by molar-refractivity contribution is 8.01. The summed E-state index contributed by atoms with van der Waals surface area (Å²) in [5, 5.41) is 21.3. The van der Waals surface area contributed by atoms with E-state index in [4.69, 9.17) is 5.11 Å². The second-order valence-electron chi connectivity index (χ2n) is 11.8. The normalized spacial score (nSPS) is 20.1. The summed E-state index contributed by atoms with van der Waals surface area (Å²) in [6.45, 7) is 2.05. The number of rotatable bonds is 12. The Kier molecular flexibility index (Phi) is 10.4. The van der Waals surface area contributed by atoms with Gasteiger partial charge >= 0.3 is 0 Å². The molecule has 6 nitrogen and oxygen atoms in total. The number of carbonyl (C=O) groups is 2. The van der Waals surface area contributed by atoms with Gasteiger partial charge in [0.25, 0.3) is 11.8 Å². The van der Waals surface area contributed by atoms with Crippen molar-refractivity contribution in [2.24, 2.45) is 0 Å². The fraction of sp³-hybridized carbons (Fsp3) is 0.225. The predicted molar refractivity (Wildman–Crippen MR) is 195 cm³/mol. The lowest BCUT2D eigenvalue weighted by atomic mass is 9.88. The number of anilines is 3. The topological polar surface area (TPSA) is 84.6 Å². The molecule has 0 fully saturated rings. The molecule has 0 bridgehead atoms. The summed E-state index contributed by atoms with van der Waals surface area (Å²) < 4.78 is -0.725. The van der Waals surface area contributed by atoms with E-state index in [1.165, 1.54) is 9.78 Å². The number of aliphatic hydroxyl groups excluding tert-OH is 1. The molecule has 2 aliphatic heterocycles. The highest BCUT2D eigenvalue weighted by Gasteiger charge is 2.41. The van der Waals surface area contributed by atoms with Crippen molar-refractivity contribution >= 4 is 52.0 Å². The molecule has 2 aliphatic rings. The Hall–Kier alpha value is -4.68.